The fraction of sp³-hybridized carbons (Fsp3) is 1.00. The predicted octanol–water partition coefficient (Wildman–Crippen LogP) is 4.45. The van der Waals surface area contributed by atoms with Gasteiger partial charge in [-0.05, 0) is 50.7 Å². The van der Waals surface area contributed by atoms with E-state index in [1.165, 1.54) is 45.3 Å². The number of rotatable bonds is 5. The van der Waals surface area contributed by atoms with Crippen LogP contribution in [0, 0.1) is 11.8 Å². The highest BCUT2D eigenvalue weighted by Gasteiger charge is 2.12. The first kappa shape index (κ1) is 21.2. The van der Waals surface area contributed by atoms with E-state index in [-0.39, 0.29) is 0 Å². The maximum absolute atomic E-state index is 3.67. The molecule has 2 heteroatoms. The second kappa shape index (κ2) is 16.0. The van der Waals surface area contributed by atoms with E-state index < -0.39 is 0 Å². The normalized spacial score (nSPS) is 17.1. The van der Waals surface area contributed by atoms with Gasteiger partial charge >= 0.3 is 0 Å². The number of hydrogen-bond acceptors (Lipinski definition) is 2. The maximum atomic E-state index is 3.67. The second-order valence-electron chi connectivity index (χ2n) is 5.70. The molecule has 0 saturated carbocycles. The third-order valence-corrected chi connectivity index (χ3v) is 3.51. The third kappa shape index (κ3) is 14.1. The van der Waals surface area contributed by atoms with E-state index in [0.717, 1.165) is 17.9 Å². The highest BCUT2D eigenvalue weighted by molar-refractivity contribution is 4.74. The van der Waals surface area contributed by atoms with Crippen molar-refractivity contribution >= 4 is 0 Å². The molecule has 0 aromatic carbocycles. The summed E-state index contributed by atoms with van der Waals surface area (Å²) < 4.78 is 0. The molecule has 0 aromatic rings. The zero-order valence-corrected chi connectivity index (χ0v) is 14.7. The summed E-state index contributed by atoms with van der Waals surface area (Å²) in [7, 11) is 0. The monoisotopic (exact) mass is 272 g/mol. The van der Waals surface area contributed by atoms with Gasteiger partial charge in [-0.25, -0.2) is 0 Å². The van der Waals surface area contributed by atoms with Crippen LogP contribution in [0.4, 0.5) is 0 Å². The van der Waals surface area contributed by atoms with Crippen molar-refractivity contribution in [1.82, 2.24) is 10.6 Å². The fourth-order valence-corrected chi connectivity index (χ4v) is 1.87. The van der Waals surface area contributed by atoms with Crippen molar-refractivity contribution in [3.63, 3.8) is 0 Å². The van der Waals surface area contributed by atoms with Gasteiger partial charge in [0.1, 0.15) is 0 Å². The van der Waals surface area contributed by atoms with Gasteiger partial charge in [0.05, 0.1) is 0 Å². The smallest absolute Gasteiger partial charge is 0.00912 e. The average Bonchev–Trinajstić information content (AvgIpc) is 2.43. The molecule has 19 heavy (non-hydrogen) atoms. The summed E-state index contributed by atoms with van der Waals surface area (Å²) in [5, 5.41) is 7.06. The molecular weight excluding hydrogens is 232 g/mol. The second-order valence-corrected chi connectivity index (χ2v) is 5.70. The summed E-state index contributed by atoms with van der Waals surface area (Å²) in [5.41, 5.74) is 0. The van der Waals surface area contributed by atoms with Crippen LogP contribution in [0.2, 0.25) is 0 Å². The first-order valence-electron chi connectivity index (χ1n) is 8.55. The van der Waals surface area contributed by atoms with E-state index in [4.69, 9.17) is 0 Å². The van der Waals surface area contributed by atoms with E-state index in [0.29, 0.717) is 0 Å². The Morgan fingerprint density at radius 1 is 1.05 bits per heavy atom. The lowest BCUT2D eigenvalue weighted by Crippen LogP contribution is -2.40. The molecular formula is C17H40N2. The quantitative estimate of drug-likeness (QED) is 0.772. The molecule has 1 heterocycles. The summed E-state index contributed by atoms with van der Waals surface area (Å²) in [6.45, 7) is 18.8. The zero-order chi connectivity index (χ0) is 15.1. The first-order valence-corrected chi connectivity index (χ1v) is 8.55. The lowest BCUT2D eigenvalue weighted by Gasteiger charge is -2.25. The minimum Gasteiger partial charge on any atom is -0.317 e. The Bertz CT molecular complexity index is 151. The van der Waals surface area contributed by atoms with Crippen LogP contribution < -0.4 is 10.6 Å². The highest BCUT2D eigenvalue weighted by atomic mass is 15.0. The van der Waals surface area contributed by atoms with Crippen LogP contribution in [0.15, 0.2) is 0 Å². The highest BCUT2D eigenvalue weighted by Crippen LogP contribution is 2.13. The lowest BCUT2D eigenvalue weighted by molar-refractivity contribution is 0.343. The molecule has 0 aliphatic carbocycles. The van der Waals surface area contributed by atoms with Crippen molar-refractivity contribution in [1.29, 1.82) is 0 Å². The summed E-state index contributed by atoms with van der Waals surface area (Å²) in [4.78, 5) is 0. The van der Waals surface area contributed by atoms with Gasteiger partial charge in [-0.15, -0.1) is 0 Å². The Morgan fingerprint density at radius 3 is 1.95 bits per heavy atom. The molecule has 1 fully saturated rings. The van der Waals surface area contributed by atoms with Crippen LogP contribution in [0.25, 0.3) is 0 Å². The van der Waals surface area contributed by atoms with E-state index in [1.807, 2.05) is 13.8 Å². The van der Waals surface area contributed by atoms with Gasteiger partial charge in [-0.3, -0.25) is 0 Å². The minimum absolute atomic E-state index is 0.774. The minimum atomic E-state index is 0.774. The average molecular weight is 273 g/mol. The molecule has 1 unspecified atom stereocenters. The largest absolute Gasteiger partial charge is 0.317 e. The molecule has 1 atom stereocenters. The molecule has 0 spiro atoms. The Kier molecular flexibility index (Phi) is 17.8. The van der Waals surface area contributed by atoms with Gasteiger partial charge in [0.25, 0.3) is 0 Å². The number of nitrogens with one attached hydrogen (secondary N) is 2. The summed E-state index contributed by atoms with van der Waals surface area (Å²) >= 11 is 0. The van der Waals surface area contributed by atoms with Crippen molar-refractivity contribution in [3.05, 3.63) is 0 Å². The van der Waals surface area contributed by atoms with Crippen molar-refractivity contribution < 1.29 is 0 Å². The molecule has 1 rings (SSSR count). The summed E-state index contributed by atoms with van der Waals surface area (Å²) in [5.74, 6) is 1.68. The van der Waals surface area contributed by atoms with E-state index >= 15 is 0 Å². The molecule has 0 aromatic heterocycles. The zero-order valence-electron chi connectivity index (χ0n) is 14.7. The standard InChI is InChI=1S/C12H26N2.C3H8.C2H6/c1-10(2)11(3)4-9-14-12-5-7-13-8-6-12;1-3-2;1-2/h10-14H,4-9H2,1-3H3;3H2,1-2H3;1-2H3. The van der Waals surface area contributed by atoms with Gasteiger partial charge in [0, 0.05) is 6.04 Å². The van der Waals surface area contributed by atoms with Crippen molar-refractivity contribution in [3.8, 4) is 0 Å². The molecule has 2 N–H and O–H groups in total. The topological polar surface area (TPSA) is 24.1 Å². The molecule has 2 nitrogen and oxygen atoms in total. The SMILES string of the molecule is CC.CC(C)C(C)CCNC1CCNCC1.CCC. The maximum Gasteiger partial charge on any atom is 0.00912 e. The Balaban J connectivity index is 0. The van der Waals surface area contributed by atoms with Crippen molar-refractivity contribution in [2.24, 2.45) is 11.8 Å². The van der Waals surface area contributed by atoms with Gasteiger partial charge in [0.2, 0.25) is 0 Å². The Morgan fingerprint density at radius 2 is 1.53 bits per heavy atom. The Labute approximate surface area is 123 Å². The predicted molar refractivity (Wildman–Crippen MR) is 89.8 cm³/mol. The van der Waals surface area contributed by atoms with E-state index in [1.54, 1.807) is 0 Å². The molecule has 0 amide bonds. The molecule has 1 aliphatic rings. The van der Waals surface area contributed by atoms with Crippen LogP contribution >= 0.6 is 0 Å². The Hall–Kier alpha value is -0.0800. The van der Waals surface area contributed by atoms with Crippen LogP contribution in [0.1, 0.15) is 74.1 Å². The molecule has 1 aliphatic heterocycles. The van der Waals surface area contributed by atoms with E-state index in [2.05, 4.69) is 45.3 Å². The molecule has 118 valence electrons. The van der Waals surface area contributed by atoms with Gasteiger partial charge in [0.15, 0.2) is 0 Å². The number of piperidine rings is 1. The van der Waals surface area contributed by atoms with Crippen LogP contribution in [0.5, 0.6) is 0 Å². The lowest BCUT2D eigenvalue weighted by atomic mass is 9.94. The number of hydrogen-bond donors (Lipinski definition) is 2. The summed E-state index contributed by atoms with van der Waals surface area (Å²) in [6, 6.07) is 0.774. The summed E-state index contributed by atoms with van der Waals surface area (Å²) in [6.07, 6.45) is 5.17. The van der Waals surface area contributed by atoms with Crippen LogP contribution in [-0.4, -0.2) is 25.7 Å². The van der Waals surface area contributed by atoms with E-state index in [9.17, 15) is 0 Å². The van der Waals surface area contributed by atoms with Crippen molar-refractivity contribution in [2.45, 2.75) is 80.2 Å². The molecule has 1 saturated heterocycles. The van der Waals surface area contributed by atoms with Crippen LogP contribution in [0.3, 0.4) is 0 Å². The molecule has 0 bridgehead atoms. The van der Waals surface area contributed by atoms with Gasteiger partial charge in [-0.1, -0.05) is 54.9 Å². The first-order chi connectivity index (χ1) is 9.11. The fourth-order valence-electron chi connectivity index (χ4n) is 1.87. The third-order valence-electron chi connectivity index (χ3n) is 3.51. The van der Waals surface area contributed by atoms with Crippen molar-refractivity contribution in [2.75, 3.05) is 19.6 Å². The van der Waals surface area contributed by atoms with Gasteiger partial charge < -0.3 is 10.6 Å². The van der Waals surface area contributed by atoms with Gasteiger partial charge in [-0.2, -0.15) is 0 Å². The van der Waals surface area contributed by atoms with Crippen LogP contribution in [-0.2, 0) is 0 Å². The molecule has 0 radical (unpaired) electrons.